The summed E-state index contributed by atoms with van der Waals surface area (Å²) in [5.41, 5.74) is 2.54. The molecule has 3 aliphatic rings. The molecule has 0 spiro atoms. The Morgan fingerprint density at radius 2 is 1.96 bits per heavy atom. The minimum atomic E-state index is 0.770. The van der Waals surface area contributed by atoms with Gasteiger partial charge in [0, 0.05) is 44.6 Å². The standard InChI is InChI=1S/C20H28N4/c1-2-11-23-15-18-6-9-20(23)16-22(14-18)13-17-4-7-19(8-5-17)24-12-3-10-21-24/h3-5,7-8,10,12,18,20H,2,6,9,11,13-16H2,1H3/t18-,20+/m1/s1. The van der Waals surface area contributed by atoms with Crippen molar-refractivity contribution in [2.45, 2.75) is 38.8 Å². The number of aromatic nitrogens is 2. The lowest BCUT2D eigenvalue weighted by Gasteiger charge is -2.35. The fraction of sp³-hybridized carbons (Fsp3) is 0.550. The van der Waals surface area contributed by atoms with Gasteiger partial charge in [0.15, 0.2) is 0 Å². The highest BCUT2D eigenvalue weighted by Gasteiger charge is 2.34. The minimum Gasteiger partial charge on any atom is -0.299 e. The van der Waals surface area contributed by atoms with E-state index in [0.29, 0.717) is 0 Å². The SMILES string of the molecule is CCCN1C[C@@H]2CC[C@H]1CN(Cc1ccc(-n3cccn3)cc1)C2. The van der Waals surface area contributed by atoms with E-state index >= 15 is 0 Å². The van der Waals surface area contributed by atoms with Crippen LogP contribution in [0.3, 0.4) is 0 Å². The van der Waals surface area contributed by atoms with Crippen molar-refractivity contribution in [1.82, 2.24) is 19.6 Å². The molecule has 4 heteroatoms. The first-order chi connectivity index (χ1) is 11.8. The molecular weight excluding hydrogens is 296 g/mol. The zero-order chi connectivity index (χ0) is 16.4. The van der Waals surface area contributed by atoms with Crippen LogP contribution < -0.4 is 0 Å². The lowest BCUT2D eigenvalue weighted by Crippen LogP contribution is -2.44. The zero-order valence-electron chi connectivity index (χ0n) is 14.6. The summed E-state index contributed by atoms with van der Waals surface area (Å²) in [7, 11) is 0. The van der Waals surface area contributed by atoms with Crippen LogP contribution in [-0.4, -0.2) is 51.8 Å². The Labute approximate surface area is 145 Å². The van der Waals surface area contributed by atoms with Gasteiger partial charge in [-0.25, -0.2) is 4.68 Å². The topological polar surface area (TPSA) is 24.3 Å². The van der Waals surface area contributed by atoms with E-state index in [4.69, 9.17) is 0 Å². The first-order valence-electron chi connectivity index (χ1n) is 9.37. The molecule has 24 heavy (non-hydrogen) atoms. The molecule has 1 aromatic carbocycles. The smallest absolute Gasteiger partial charge is 0.0645 e. The maximum absolute atomic E-state index is 4.30. The number of fused-ring (bicyclic) bond motifs is 4. The molecule has 3 saturated heterocycles. The third-order valence-electron chi connectivity index (χ3n) is 5.52. The Morgan fingerprint density at radius 3 is 2.71 bits per heavy atom. The summed E-state index contributed by atoms with van der Waals surface area (Å²) in [6.45, 7) is 8.46. The molecule has 4 nitrogen and oxygen atoms in total. The van der Waals surface area contributed by atoms with Crippen molar-refractivity contribution >= 4 is 0 Å². The van der Waals surface area contributed by atoms with E-state index in [2.05, 4.69) is 46.1 Å². The predicted molar refractivity (Wildman–Crippen MR) is 97.2 cm³/mol. The molecule has 4 heterocycles. The second-order valence-electron chi connectivity index (χ2n) is 7.40. The number of benzene rings is 1. The number of rotatable bonds is 5. The van der Waals surface area contributed by atoms with Crippen molar-refractivity contribution in [3.05, 3.63) is 48.3 Å². The van der Waals surface area contributed by atoms with Crippen LogP contribution in [0.1, 0.15) is 31.7 Å². The van der Waals surface area contributed by atoms with Crippen LogP contribution in [0.5, 0.6) is 0 Å². The van der Waals surface area contributed by atoms with Gasteiger partial charge in [0.1, 0.15) is 0 Å². The van der Waals surface area contributed by atoms with E-state index in [1.807, 2.05) is 23.1 Å². The van der Waals surface area contributed by atoms with Crippen LogP contribution in [0.25, 0.3) is 5.69 Å². The summed E-state index contributed by atoms with van der Waals surface area (Å²) in [5.74, 6) is 0.860. The monoisotopic (exact) mass is 324 g/mol. The van der Waals surface area contributed by atoms with E-state index < -0.39 is 0 Å². The van der Waals surface area contributed by atoms with E-state index in [1.54, 1.807) is 0 Å². The minimum absolute atomic E-state index is 0.770. The number of hydrogen-bond acceptors (Lipinski definition) is 3. The van der Waals surface area contributed by atoms with Crippen molar-refractivity contribution in [3.63, 3.8) is 0 Å². The average Bonchev–Trinajstić information content (AvgIpc) is 3.00. The molecule has 1 aromatic heterocycles. The second kappa shape index (κ2) is 7.08. The fourth-order valence-electron chi connectivity index (χ4n) is 4.40. The molecule has 0 saturated carbocycles. The van der Waals surface area contributed by atoms with Gasteiger partial charge in [-0.3, -0.25) is 9.80 Å². The van der Waals surface area contributed by atoms with Crippen molar-refractivity contribution < 1.29 is 0 Å². The van der Waals surface area contributed by atoms with Crippen LogP contribution in [0.15, 0.2) is 42.7 Å². The fourth-order valence-corrected chi connectivity index (χ4v) is 4.40. The van der Waals surface area contributed by atoms with Crippen molar-refractivity contribution in [2.75, 3.05) is 26.2 Å². The van der Waals surface area contributed by atoms with Gasteiger partial charge in [-0.2, -0.15) is 5.10 Å². The molecule has 0 N–H and O–H groups in total. The largest absolute Gasteiger partial charge is 0.299 e. The molecule has 0 aliphatic carbocycles. The van der Waals surface area contributed by atoms with Gasteiger partial charge in [-0.1, -0.05) is 19.1 Å². The molecule has 5 rings (SSSR count). The van der Waals surface area contributed by atoms with E-state index in [0.717, 1.165) is 24.2 Å². The summed E-state index contributed by atoms with van der Waals surface area (Å²) in [5, 5.41) is 4.30. The Bertz CT molecular complexity index is 634. The molecular formula is C20H28N4. The van der Waals surface area contributed by atoms with Crippen LogP contribution >= 0.6 is 0 Å². The Balaban J connectivity index is 1.42. The van der Waals surface area contributed by atoms with Crippen LogP contribution in [0.2, 0.25) is 0 Å². The first-order valence-corrected chi connectivity index (χ1v) is 9.37. The number of hydrogen-bond donors (Lipinski definition) is 0. The van der Waals surface area contributed by atoms with Gasteiger partial charge < -0.3 is 0 Å². The maximum Gasteiger partial charge on any atom is 0.0645 e. The predicted octanol–water partition coefficient (Wildman–Crippen LogP) is 3.18. The summed E-state index contributed by atoms with van der Waals surface area (Å²) in [4.78, 5) is 5.43. The number of nitrogens with zero attached hydrogens (tertiary/aromatic N) is 4. The Morgan fingerprint density at radius 1 is 1.08 bits per heavy atom. The van der Waals surface area contributed by atoms with Gasteiger partial charge >= 0.3 is 0 Å². The second-order valence-corrected chi connectivity index (χ2v) is 7.40. The summed E-state index contributed by atoms with van der Waals surface area (Å²) >= 11 is 0. The van der Waals surface area contributed by atoms with Crippen molar-refractivity contribution in [3.8, 4) is 5.69 Å². The van der Waals surface area contributed by atoms with Crippen LogP contribution in [0, 0.1) is 5.92 Å². The highest BCUT2D eigenvalue weighted by molar-refractivity contribution is 5.33. The molecule has 3 aliphatic heterocycles. The molecule has 0 radical (unpaired) electrons. The van der Waals surface area contributed by atoms with E-state index in [-0.39, 0.29) is 0 Å². The van der Waals surface area contributed by atoms with Gasteiger partial charge in [0.2, 0.25) is 0 Å². The molecule has 2 atom stereocenters. The third-order valence-corrected chi connectivity index (χ3v) is 5.52. The lowest BCUT2D eigenvalue weighted by atomic mass is 9.95. The van der Waals surface area contributed by atoms with E-state index in [9.17, 15) is 0 Å². The van der Waals surface area contributed by atoms with E-state index in [1.165, 1.54) is 51.0 Å². The molecule has 0 amide bonds. The summed E-state index contributed by atoms with van der Waals surface area (Å²) in [6, 6.07) is 11.6. The first kappa shape index (κ1) is 15.9. The Kier molecular flexibility index (Phi) is 4.67. The highest BCUT2D eigenvalue weighted by Crippen LogP contribution is 2.28. The normalized spacial score (nSPS) is 25.0. The zero-order valence-corrected chi connectivity index (χ0v) is 14.6. The maximum atomic E-state index is 4.30. The molecule has 0 unspecified atom stereocenters. The molecule has 2 aromatic rings. The quantitative estimate of drug-likeness (QED) is 0.844. The Hall–Kier alpha value is -1.65. The number of piperidine rings is 1. The summed E-state index contributed by atoms with van der Waals surface area (Å²) in [6.07, 6.45) is 7.89. The average molecular weight is 324 g/mol. The lowest BCUT2D eigenvalue weighted by molar-refractivity contribution is 0.131. The van der Waals surface area contributed by atoms with Crippen molar-refractivity contribution in [2.24, 2.45) is 5.92 Å². The van der Waals surface area contributed by atoms with Gasteiger partial charge in [0.25, 0.3) is 0 Å². The summed E-state index contributed by atoms with van der Waals surface area (Å²) < 4.78 is 1.92. The van der Waals surface area contributed by atoms with Gasteiger partial charge in [-0.15, -0.1) is 0 Å². The third kappa shape index (κ3) is 3.40. The van der Waals surface area contributed by atoms with Gasteiger partial charge in [0.05, 0.1) is 5.69 Å². The molecule has 2 bridgehead atoms. The van der Waals surface area contributed by atoms with Crippen LogP contribution in [0.4, 0.5) is 0 Å². The highest BCUT2D eigenvalue weighted by atomic mass is 15.3. The molecule has 128 valence electrons. The molecule has 3 fully saturated rings. The van der Waals surface area contributed by atoms with Gasteiger partial charge in [-0.05, 0) is 55.5 Å². The van der Waals surface area contributed by atoms with Crippen molar-refractivity contribution in [1.29, 1.82) is 0 Å². The van der Waals surface area contributed by atoms with Crippen LogP contribution in [-0.2, 0) is 6.54 Å².